The number of benzene rings is 1. The summed E-state index contributed by atoms with van der Waals surface area (Å²) in [7, 11) is 0. The monoisotopic (exact) mass is 357 g/mol. The van der Waals surface area contributed by atoms with Gasteiger partial charge in [-0.05, 0) is 41.5 Å². The molecule has 0 radical (unpaired) electrons. The molecule has 2 heterocycles. The highest BCUT2D eigenvalue weighted by Crippen LogP contribution is 2.26. The summed E-state index contributed by atoms with van der Waals surface area (Å²) < 4.78 is 0. The molecule has 2 aromatic rings. The summed E-state index contributed by atoms with van der Waals surface area (Å²) in [5.41, 5.74) is 8.19. The molecule has 1 aliphatic heterocycles. The molecule has 5 nitrogen and oxygen atoms in total. The van der Waals surface area contributed by atoms with Gasteiger partial charge in [-0.1, -0.05) is 26.0 Å². The minimum absolute atomic E-state index is 0.0418. The summed E-state index contributed by atoms with van der Waals surface area (Å²) in [6.07, 6.45) is 0.819. The Bertz CT molecular complexity index is 767. The van der Waals surface area contributed by atoms with Crippen LogP contribution in [0.2, 0.25) is 0 Å². The fourth-order valence-electron chi connectivity index (χ4n) is 2.91. The van der Waals surface area contributed by atoms with Crippen molar-refractivity contribution in [2.75, 3.05) is 18.4 Å². The first kappa shape index (κ1) is 17.6. The van der Waals surface area contributed by atoms with Crippen LogP contribution in [-0.2, 0) is 0 Å². The van der Waals surface area contributed by atoms with Crippen LogP contribution in [0.1, 0.15) is 52.5 Å². The Morgan fingerprint density at radius 3 is 2.56 bits per heavy atom. The van der Waals surface area contributed by atoms with Gasteiger partial charge in [-0.25, -0.2) is 0 Å². The van der Waals surface area contributed by atoms with Crippen LogP contribution in [-0.4, -0.2) is 35.8 Å². The summed E-state index contributed by atoms with van der Waals surface area (Å²) in [5.74, 6) is 0.148. The molecule has 6 heteroatoms. The Labute approximate surface area is 151 Å². The molecule has 1 atom stereocenters. The molecule has 1 fully saturated rings. The first-order valence-corrected chi connectivity index (χ1v) is 9.37. The zero-order valence-corrected chi connectivity index (χ0v) is 15.3. The van der Waals surface area contributed by atoms with E-state index in [1.54, 1.807) is 11.0 Å². The van der Waals surface area contributed by atoms with Gasteiger partial charge < -0.3 is 16.0 Å². The van der Waals surface area contributed by atoms with Gasteiger partial charge in [0.2, 0.25) is 0 Å². The molecule has 0 bridgehead atoms. The second-order valence-electron chi connectivity index (χ2n) is 6.69. The van der Waals surface area contributed by atoms with Gasteiger partial charge in [0.05, 0.1) is 5.56 Å². The molecule has 1 saturated heterocycles. The lowest BCUT2D eigenvalue weighted by Crippen LogP contribution is -2.32. The fraction of sp³-hybridized carbons (Fsp3) is 0.368. The van der Waals surface area contributed by atoms with Crippen molar-refractivity contribution in [1.82, 2.24) is 4.90 Å². The van der Waals surface area contributed by atoms with E-state index in [1.807, 2.05) is 29.6 Å². The van der Waals surface area contributed by atoms with Gasteiger partial charge in [0, 0.05) is 24.7 Å². The number of thiophene rings is 1. The van der Waals surface area contributed by atoms with Gasteiger partial charge >= 0.3 is 0 Å². The lowest BCUT2D eigenvalue weighted by atomic mass is 10.0. The summed E-state index contributed by atoms with van der Waals surface area (Å²) in [6.45, 7) is 5.46. The molecule has 2 amide bonds. The number of nitrogens with zero attached hydrogens (tertiary/aromatic N) is 1. The Morgan fingerprint density at radius 2 is 1.96 bits per heavy atom. The number of rotatable bonds is 4. The number of likely N-dealkylation sites (tertiary alicyclic amines) is 1. The van der Waals surface area contributed by atoms with E-state index in [4.69, 9.17) is 5.73 Å². The van der Waals surface area contributed by atoms with E-state index in [-0.39, 0.29) is 17.9 Å². The summed E-state index contributed by atoms with van der Waals surface area (Å²) in [5, 5.41) is 5.28. The number of carbonyl (C=O) groups is 2. The Morgan fingerprint density at radius 1 is 1.24 bits per heavy atom. The molecule has 3 N–H and O–H groups in total. The highest BCUT2D eigenvalue weighted by molar-refractivity contribution is 7.14. The van der Waals surface area contributed by atoms with Crippen LogP contribution in [0.4, 0.5) is 5.00 Å². The zero-order chi connectivity index (χ0) is 18.0. The van der Waals surface area contributed by atoms with Crippen molar-refractivity contribution in [3.63, 3.8) is 0 Å². The van der Waals surface area contributed by atoms with Crippen LogP contribution >= 0.6 is 11.3 Å². The quantitative estimate of drug-likeness (QED) is 0.881. The molecule has 1 aromatic heterocycles. The van der Waals surface area contributed by atoms with Crippen molar-refractivity contribution in [1.29, 1.82) is 0 Å². The smallest absolute Gasteiger partial charge is 0.256 e. The maximum atomic E-state index is 12.6. The van der Waals surface area contributed by atoms with Crippen molar-refractivity contribution in [3.8, 4) is 0 Å². The SMILES string of the molecule is CC(C)c1ccc(C(=O)Nc2sccc2C(=O)N2CC[C@@H](N)C2)cc1. The van der Waals surface area contributed by atoms with E-state index in [2.05, 4.69) is 19.2 Å². The molecule has 1 aliphatic rings. The molecular formula is C19H23N3O2S. The Balaban J connectivity index is 1.72. The number of carbonyl (C=O) groups excluding carboxylic acids is 2. The topological polar surface area (TPSA) is 75.4 Å². The average molecular weight is 357 g/mol. The zero-order valence-electron chi connectivity index (χ0n) is 14.5. The molecule has 0 saturated carbocycles. The van der Waals surface area contributed by atoms with Crippen molar-refractivity contribution in [2.24, 2.45) is 5.73 Å². The van der Waals surface area contributed by atoms with Crippen LogP contribution in [0.25, 0.3) is 0 Å². The fourth-order valence-corrected chi connectivity index (χ4v) is 3.69. The van der Waals surface area contributed by atoms with Crippen LogP contribution in [0.5, 0.6) is 0 Å². The normalized spacial score (nSPS) is 17.1. The first-order chi connectivity index (χ1) is 12.0. The largest absolute Gasteiger partial charge is 0.337 e. The van der Waals surface area contributed by atoms with Gasteiger partial charge in [-0.3, -0.25) is 9.59 Å². The predicted molar refractivity (Wildman–Crippen MR) is 101 cm³/mol. The Hall–Kier alpha value is -2.18. The molecule has 132 valence electrons. The highest BCUT2D eigenvalue weighted by atomic mass is 32.1. The van der Waals surface area contributed by atoms with Crippen molar-refractivity contribution in [2.45, 2.75) is 32.2 Å². The van der Waals surface area contributed by atoms with Crippen LogP contribution in [0, 0.1) is 0 Å². The van der Waals surface area contributed by atoms with E-state index in [9.17, 15) is 9.59 Å². The third kappa shape index (κ3) is 3.91. The van der Waals surface area contributed by atoms with Crippen LogP contribution in [0.3, 0.4) is 0 Å². The number of anilines is 1. The lowest BCUT2D eigenvalue weighted by molar-refractivity contribution is 0.0792. The van der Waals surface area contributed by atoms with Crippen molar-refractivity contribution < 1.29 is 9.59 Å². The minimum atomic E-state index is -0.204. The van der Waals surface area contributed by atoms with E-state index < -0.39 is 0 Å². The van der Waals surface area contributed by atoms with Crippen LogP contribution in [0.15, 0.2) is 35.7 Å². The molecular weight excluding hydrogens is 334 g/mol. The van der Waals surface area contributed by atoms with E-state index >= 15 is 0 Å². The van der Waals surface area contributed by atoms with Crippen molar-refractivity contribution >= 4 is 28.2 Å². The highest BCUT2D eigenvalue weighted by Gasteiger charge is 2.27. The second-order valence-corrected chi connectivity index (χ2v) is 7.61. The summed E-state index contributed by atoms with van der Waals surface area (Å²) in [4.78, 5) is 26.9. The van der Waals surface area contributed by atoms with Gasteiger partial charge in [0.15, 0.2) is 0 Å². The Kier molecular flexibility index (Phi) is 5.20. The minimum Gasteiger partial charge on any atom is -0.337 e. The number of hydrogen-bond acceptors (Lipinski definition) is 4. The molecule has 0 unspecified atom stereocenters. The lowest BCUT2D eigenvalue weighted by Gasteiger charge is -2.16. The summed E-state index contributed by atoms with van der Waals surface area (Å²) >= 11 is 1.36. The molecule has 1 aromatic carbocycles. The van der Waals surface area contributed by atoms with Crippen molar-refractivity contribution in [3.05, 3.63) is 52.4 Å². The number of nitrogens with one attached hydrogen (secondary N) is 1. The van der Waals surface area contributed by atoms with Gasteiger partial charge in [0.1, 0.15) is 5.00 Å². The predicted octanol–water partition coefficient (Wildman–Crippen LogP) is 3.30. The van der Waals surface area contributed by atoms with Crippen LogP contribution < -0.4 is 11.1 Å². The second kappa shape index (κ2) is 7.37. The number of hydrogen-bond donors (Lipinski definition) is 2. The van der Waals surface area contributed by atoms with E-state index in [0.29, 0.717) is 35.1 Å². The number of amides is 2. The average Bonchev–Trinajstić information content (AvgIpc) is 3.23. The van der Waals surface area contributed by atoms with Gasteiger partial charge in [-0.2, -0.15) is 0 Å². The van der Waals surface area contributed by atoms with Gasteiger partial charge in [0.25, 0.3) is 11.8 Å². The van der Waals surface area contributed by atoms with E-state index in [0.717, 1.165) is 6.42 Å². The summed E-state index contributed by atoms with van der Waals surface area (Å²) in [6, 6.07) is 9.37. The van der Waals surface area contributed by atoms with E-state index in [1.165, 1.54) is 16.9 Å². The molecule has 0 aliphatic carbocycles. The molecule has 0 spiro atoms. The molecule has 3 rings (SSSR count). The number of nitrogens with two attached hydrogens (primary N) is 1. The third-order valence-corrected chi connectivity index (χ3v) is 5.30. The maximum absolute atomic E-state index is 12.6. The first-order valence-electron chi connectivity index (χ1n) is 8.49. The molecule has 25 heavy (non-hydrogen) atoms. The standard InChI is InChI=1S/C19H23N3O2S/c1-12(2)13-3-5-14(6-4-13)17(23)21-18-16(8-10-25-18)19(24)22-9-7-15(20)11-22/h3-6,8,10,12,15H,7,9,11,20H2,1-2H3,(H,21,23)/t15-/m1/s1. The maximum Gasteiger partial charge on any atom is 0.256 e. The van der Waals surface area contributed by atoms with Gasteiger partial charge in [-0.15, -0.1) is 11.3 Å². The third-order valence-electron chi connectivity index (χ3n) is 4.47.